The number of halogens is 1. The molecule has 37 heavy (non-hydrogen) atoms. The Morgan fingerprint density at radius 3 is 2.32 bits per heavy atom. The van der Waals surface area contributed by atoms with E-state index in [9.17, 15) is 22.4 Å². The van der Waals surface area contributed by atoms with E-state index in [1.165, 1.54) is 11.0 Å². The summed E-state index contributed by atoms with van der Waals surface area (Å²) in [5.41, 5.74) is 0.718. The molecule has 0 spiro atoms. The maximum absolute atomic E-state index is 13.6. The van der Waals surface area contributed by atoms with Crippen molar-refractivity contribution >= 4 is 60.3 Å². The average molecular weight is 514 g/mol. The SMILES string of the molecule is O=C=NS(=O)(=O)O[C@H]1C(=O)N(c2cc3c4ccccc4ccc3c3ccccc23)[C@@H]1c1ccc(F)cn1. The summed E-state index contributed by atoms with van der Waals surface area (Å²) >= 11 is 0. The zero-order chi connectivity index (χ0) is 25.7. The smallest absolute Gasteiger partial charge is 0.297 e. The number of nitrogens with zero attached hydrogens (tertiary/aromatic N) is 3. The first-order valence-electron chi connectivity index (χ1n) is 11.2. The van der Waals surface area contributed by atoms with Crippen LogP contribution in [0.15, 0.2) is 89.5 Å². The lowest BCUT2D eigenvalue weighted by molar-refractivity contribution is -0.134. The Morgan fingerprint density at radius 2 is 1.59 bits per heavy atom. The van der Waals surface area contributed by atoms with Gasteiger partial charge in [-0.3, -0.25) is 14.7 Å². The normalized spacial score (nSPS) is 17.6. The number of anilines is 1. The van der Waals surface area contributed by atoms with Crippen LogP contribution in [0.25, 0.3) is 32.3 Å². The molecule has 0 bridgehead atoms. The van der Waals surface area contributed by atoms with Gasteiger partial charge in [-0.25, -0.2) is 13.4 Å². The largest absolute Gasteiger partial charge is 0.392 e. The van der Waals surface area contributed by atoms with Gasteiger partial charge in [-0.2, -0.15) is 8.42 Å². The highest BCUT2D eigenvalue weighted by atomic mass is 32.2. The number of benzene rings is 4. The van der Waals surface area contributed by atoms with Crippen LogP contribution >= 0.6 is 0 Å². The van der Waals surface area contributed by atoms with Crippen LogP contribution in [-0.2, 0) is 24.1 Å². The number of pyridine rings is 1. The molecule has 1 aliphatic rings. The van der Waals surface area contributed by atoms with Crippen molar-refractivity contribution in [3.63, 3.8) is 0 Å². The van der Waals surface area contributed by atoms with Gasteiger partial charge in [0, 0.05) is 5.39 Å². The van der Waals surface area contributed by atoms with Crippen LogP contribution in [0.3, 0.4) is 0 Å². The molecule has 1 aromatic heterocycles. The summed E-state index contributed by atoms with van der Waals surface area (Å²) in [5.74, 6) is -1.27. The van der Waals surface area contributed by atoms with Crippen molar-refractivity contribution in [3.8, 4) is 0 Å². The molecule has 1 aliphatic heterocycles. The number of rotatable bonds is 5. The maximum Gasteiger partial charge on any atom is 0.392 e. The number of hydrogen-bond donors (Lipinski definition) is 0. The van der Waals surface area contributed by atoms with Crippen LogP contribution in [-0.4, -0.2) is 31.5 Å². The lowest BCUT2D eigenvalue weighted by Gasteiger charge is -2.45. The summed E-state index contributed by atoms with van der Waals surface area (Å²) < 4.78 is 45.4. The number of fused-ring (bicyclic) bond motifs is 5. The molecule has 0 N–H and O–H groups in total. The highest BCUT2D eigenvalue weighted by Gasteiger charge is 2.53. The van der Waals surface area contributed by atoms with Gasteiger partial charge in [-0.15, -0.1) is 0 Å². The summed E-state index contributed by atoms with van der Waals surface area (Å²) in [6, 6.07) is 22.8. The van der Waals surface area contributed by atoms with Crippen molar-refractivity contribution in [1.82, 2.24) is 4.98 Å². The minimum absolute atomic E-state index is 0.207. The Balaban J connectivity index is 1.59. The van der Waals surface area contributed by atoms with Crippen LogP contribution in [0, 0.1) is 5.82 Å². The fourth-order valence-electron chi connectivity index (χ4n) is 4.91. The van der Waals surface area contributed by atoms with Gasteiger partial charge in [0.15, 0.2) is 6.10 Å². The van der Waals surface area contributed by atoms with Crippen LogP contribution in [0.5, 0.6) is 0 Å². The molecule has 1 saturated heterocycles. The van der Waals surface area contributed by atoms with Gasteiger partial charge in [-0.1, -0.05) is 65.1 Å². The third-order valence-corrected chi connectivity index (χ3v) is 7.23. The van der Waals surface area contributed by atoms with Crippen molar-refractivity contribution in [2.24, 2.45) is 4.40 Å². The molecule has 6 rings (SSSR count). The monoisotopic (exact) mass is 513 g/mol. The summed E-state index contributed by atoms with van der Waals surface area (Å²) in [6.45, 7) is 0. The van der Waals surface area contributed by atoms with Crippen LogP contribution in [0.1, 0.15) is 11.7 Å². The molecule has 2 heterocycles. The highest BCUT2D eigenvalue weighted by molar-refractivity contribution is 7.85. The quantitative estimate of drug-likeness (QED) is 0.146. The minimum atomic E-state index is -4.73. The summed E-state index contributed by atoms with van der Waals surface area (Å²) in [4.78, 5) is 29.4. The third-order valence-electron chi connectivity index (χ3n) is 6.48. The molecule has 1 amide bonds. The first kappa shape index (κ1) is 22.9. The molecule has 0 saturated carbocycles. The number of β-lactam (4-membered cyclic amide) rings is 1. The Morgan fingerprint density at radius 1 is 0.892 bits per heavy atom. The van der Waals surface area contributed by atoms with E-state index in [1.54, 1.807) is 0 Å². The Bertz CT molecular complexity index is 1890. The molecule has 4 aromatic carbocycles. The second kappa shape index (κ2) is 8.56. The maximum atomic E-state index is 13.6. The van der Waals surface area contributed by atoms with Crippen molar-refractivity contribution in [1.29, 1.82) is 0 Å². The van der Waals surface area contributed by atoms with Crippen molar-refractivity contribution in [2.45, 2.75) is 12.1 Å². The number of carbonyl (C=O) groups excluding carboxylic acids is 2. The lowest BCUT2D eigenvalue weighted by Crippen LogP contribution is -2.61. The van der Waals surface area contributed by atoms with Gasteiger partial charge in [0.05, 0.1) is 17.6 Å². The Kier molecular flexibility index (Phi) is 5.31. The molecule has 0 aliphatic carbocycles. The fraction of sp³-hybridized carbons (Fsp3) is 0.0741. The molecule has 8 nitrogen and oxygen atoms in total. The number of isocyanates is 1. The molecule has 10 heteroatoms. The zero-order valence-electron chi connectivity index (χ0n) is 18.9. The van der Waals surface area contributed by atoms with Gasteiger partial charge >= 0.3 is 10.3 Å². The van der Waals surface area contributed by atoms with Crippen molar-refractivity contribution in [2.75, 3.05) is 4.90 Å². The summed E-state index contributed by atoms with van der Waals surface area (Å²) in [6.07, 6.45) is 0.331. The van der Waals surface area contributed by atoms with E-state index in [0.717, 1.165) is 50.7 Å². The topological polar surface area (TPSA) is 106 Å². The first-order valence-corrected chi connectivity index (χ1v) is 12.5. The number of hydrogen-bond acceptors (Lipinski definition) is 6. The molecule has 2 atom stereocenters. The van der Waals surface area contributed by atoms with Crippen LogP contribution < -0.4 is 4.90 Å². The molecule has 182 valence electrons. The fourth-order valence-corrected chi connectivity index (χ4v) is 5.50. The minimum Gasteiger partial charge on any atom is -0.297 e. The first-order chi connectivity index (χ1) is 17.9. The van der Waals surface area contributed by atoms with Crippen molar-refractivity contribution in [3.05, 3.63) is 96.6 Å². The van der Waals surface area contributed by atoms with Crippen molar-refractivity contribution < 1.29 is 26.6 Å². The predicted octanol–water partition coefficient (Wildman–Crippen LogP) is 4.73. The van der Waals surface area contributed by atoms with Gasteiger partial charge in [0.25, 0.3) is 12.0 Å². The van der Waals surface area contributed by atoms with E-state index in [2.05, 4.69) is 9.38 Å². The average Bonchev–Trinajstić information content (AvgIpc) is 2.90. The van der Waals surface area contributed by atoms with E-state index in [4.69, 9.17) is 4.18 Å². The van der Waals surface area contributed by atoms with Gasteiger partial charge < -0.3 is 0 Å². The van der Waals surface area contributed by atoms with Gasteiger partial charge in [0.1, 0.15) is 11.9 Å². The van der Waals surface area contributed by atoms with E-state index in [1.807, 2.05) is 66.7 Å². The second-order valence-electron chi connectivity index (χ2n) is 8.50. The predicted molar refractivity (Wildman–Crippen MR) is 135 cm³/mol. The standard InChI is InChI=1S/C27H16FN3O5S/c28-17-10-12-23(29-14-17)25-26(36-37(34,35)30-15-32)27(33)31(25)24-13-22-18-6-2-1-5-16(18)9-11-20(22)19-7-3-4-8-21(19)24/h1-14,25-26H/t25-,26-/m1/s1. The molecule has 0 unspecified atom stereocenters. The Labute approximate surface area is 209 Å². The zero-order valence-corrected chi connectivity index (χ0v) is 19.7. The molecular weight excluding hydrogens is 497 g/mol. The summed E-state index contributed by atoms with van der Waals surface area (Å²) in [7, 11) is -4.73. The molecule has 5 aromatic rings. The molecular formula is C27H16FN3O5S. The number of carbonyl (C=O) groups is 1. The van der Waals surface area contributed by atoms with Gasteiger partial charge in [0.2, 0.25) is 0 Å². The molecule has 0 radical (unpaired) electrons. The van der Waals surface area contributed by atoms with E-state index in [0.29, 0.717) is 5.69 Å². The van der Waals surface area contributed by atoms with E-state index < -0.39 is 34.2 Å². The van der Waals surface area contributed by atoms with E-state index >= 15 is 0 Å². The molecule has 1 fully saturated rings. The van der Waals surface area contributed by atoms with Gasteiger partial charge in [-0.05, 0) is 45.1 Å². The summed E-state index contributed by atoms with van der Waals surface area (Å²) in [5, 5.41) is 5.51. The highest BCUT2D eigenvalue weighted by Crippen LogP contribution is 2.46. The number of amides is 1. The van der Waals surface area contributed by atoms with Crippen LogP contribution in [0.2, 0.25) is 0 Å². The third kappa shape index (κ3) is 3.75. The lowest BCUT2D eigenvalue weighted by atomic mass is 9.90. The Hall–Kier alpha value is -4.50. The van der Waals surface area contributed by atoms with E-state index in [-0.39, 0.29) is 5.69 Å². The van der Waals surface area contributed by atoms with Crippen LogP contribution in [0.4, 0.5) is 10.1 Å². The second-order valence-corrected chi connectivity index (χ2v) is 9.74. The number of aromatic nitrogens is 1.